The van der Waals surface area contributed by atoms with E-state index >= 15 is 0 Å². The van der Waals surface area contributed by atoms with Crippen LogP contribution in [0.3, 0.4) is 0 Å². The number of anilines is 2. The van der Waals surface area contributed by atoms with Crippen LogP contribution < -0.4 is 5.32 Å². The molecule has 1 saturated heterocycles. The normalized spacial score (nSPS) is 14.8. The highest BCUT2D eigenvalue weighted by molar-refractivity contribution is 6.11. The minimum absolute atomic E-state index is 0.136. The number of benzene rings is 2. The first-order chi connectivity index (χ1) is 14.1. The monoisotopic (exact) mass is 392 g/mol. The highest BCUT2D eigenvalue weighted by Gasteiger charge is 2.19. The van der Waals surface area contributed by atoms with Gasteiger partial charge in [-0.15, -0.1) is 0 Å². The molecule has 5 heteroatoms. The smallest absolute Gasteiger partial charge is 0.165 e. The third-order valence-corrected chi connectivity index (χ3v) is 5.65. The number of halogens is 1. The van der Waals surface area contributed by atoms with Crippen LogP contribution in [0.5, 0.6) is 0 Å². The summed E-state index contributed by atoms with van der Waals surface area (Å²) in [5.74, 6) is 1.08. The lowest BCUT2D eigenvalue weighted by Gasteiger charge is -2.21. The van der Waals surface area contributed by atoms with Crippen molar-refractivity contribution in [3.8, 4) is 0 Å². The average Bonchev–Trinajstić information content (AvgIpc) is 2.75. The van der Waals surface area contributed by atoms with Crippen LogP contribution in [0, 0.1) is 18.7 Å². The number of aryl methyl sites for hydroxylation is 1. The van der Waals surface area contributed by atoms with Gasteiger partial charge in [0.25, 0.3) is 0 Å². The minimum Gasteiger partial charge on any atom is -0.381 e. The molecule has 0 spiro atoms. The Balaban J connectivity index is 1.61. The summed E-state index contributed by atoms with van der Waals surface area (Å²) in [7, 11) is 0. The van der Waals surface area contributed by atoms with Crippen molar-refractivity contribution in [1.82, 2.24) is 4.98 Å². The lowest BCUT2D eigenvalue weighted by molar-refractivity contribution is 0.0619. The van der Waals surface area contributed by atoms with Crippen molar-refractivity contribution in [3.05, 3.63) is 65.6 Å². The zero-order chi connectivity index (χ0) is 20.2. The quantitative estimate of drug-likeness (QED) is 0.538. The van der Waals surface area contributed by atoms with Gasteiger partial charge < -0.3 is 10.1 Å². The molecule has 2 aromatic carbocycles. The molecule has 0 radical (unpaired) electrons. The molecule has 4 nitrogen and oxygen atoms in total. The first kappa shape index (κ1) is 19.5. The highest BCUT2D eigenvalue weighted by Crippen LogP contribution is 2.31. The molecule has 0 bridgehead atoms. The largest absolute Gasteiger partial charge is 0.381 e. The van der Waals surface area contributed by atoms with Gasteiger partial charge in [-0.3, -0.25) is 4.79 Å². The van der Waals surface area contributed by atoms with Gasteiger partial charge in [0, 0.05) is 47.9 Å². The number of hydrogen-bond donors (Lipinski definition) is 1. The Bertz CT molecular complexity index is 1010. The van der Waals surface area contributed by atoms with Crippen LogP contribution in [-0.2, 0) is 4.74 Å². The van der Waals surface area contributed by atoms with Crippen LogP contribution in [0.25, 0.3) is 10.8 Å². The predicted octanol–water partition coefficient (Wildman–Crippen LogP) is 5.82. The van der Waals surface area contributed by atoms with Crippen molar-refractivity contribution in [1.29, 1.82) is 0 Å². The molecule has 0 aliphatic carbocycles. The van der Waals surface area contributed by atoms with Crippen molar-refractivity contribution in [2.24, 2.45) is 5.92 Å². The van der Waals surface area contributed by atoms with Crippen LogP contribution in [0.2, 0.25) is 0 Å². The van der Waals surface area contributed by atoms with Crippen LogP contribution >= 0.6 is 0 Å². The fraction of sp³-hybridized carbons (Fsp3) is 0.333. The third kappa shape index (κ3) is 4.46. The second kappa shape index (κ2) is 8.70. The number of nitrogens with zero attached hydrogens (tertiary/aromatic N) is 1. The van der Waals surface area contributed by atoms with Crippen molar-refractivity contribution < 1.29 is 13.9 Å². The van der Waals surface area contributed by atoms with E-state index in [9.17, 15) is 9.18 Å². The molecule has 1 N–H and O–H groups in total. The Morgan fingerprint density at radius 3 is 2.69 bits per heavy atom. The van der Waals surface area contributed by atoms with E-state index in [1.54, 1.807) is 18.3 Å². The third-order valence-electron chi connectivity index (χ3n) is 5.65. The Morgan fingerprint density at radius 1 is 1.17 bits per heavy atom. The number of hydrogen-bond acceptors (Lipinski definition) is 4. The van der Waals surface area contributed by atoms with Crippen LogP contribution in [0.4, 0.5) is 15.9 Å². The van der Waals surface area contributed by atoms with Crippen LogP contribution in [0.1, 0.15) is 41.6 Å². The molecule has 1 aliphatic heterocycles. The number of ether oxygens (including phenoxy) is 1. The van der Waals surface area contributed by atoms with Crippen molar-refractivity contribution >= 4 is 28.1 Å². The van der Waals surface area contributed by atoms with Gasteiger partial charge >= 0.3 is 0 Å². The van der Waals surface area contributed by atoms with Crippen molar-refractivity contribution in [3.63, 3.8) is 0 Å². The number of Topliss-reactive ketones (excluding diaryl/α,β-unsaturated/α-hetero) is 1. The molecule has 0 saturated carbocycles. The zero-order valence-corrected chi connectivity index (χ0v) is 16.6. The van der Waals surface area contributed by atoms with E-state index in [2.05, 4.69) is 10.3 Å². The number of pyridine rings is 1. The summed E-state index contributed by atoms with van der Waals surface area (Å²) in [5.41, 5.74) is 2.47. The Morgan fingerprint density at radius 2 is 1.93 bits per heavy atom. The second-order valence-corrected chi connectivity index (χ2v) is 7.67. The zero-order valence-electron chi connectivity index (χ0n) is 16.6. The minimum atomic E-state index is -0.283. The number of fused-ring (bicyclic) bond motifs is 1. The van der Waals surface area contributed by atoms with Gasteiger partial charge in [-0.05, 0) is 61.9 Å². The van der Waals surface area contributed by atoms with Gasteiger partial charge in [0.15, 0.2) is 5.78 Å². The summed E-state index contributed by atoms with van der Waals surface area (Å²) >= 11 is 0. The first-order valence-corrected chi connectivity index (χ1v) is 10.1. The molecule has 1 fully saturated rings. The standard InChI is InChI=1S/C24H25FN2O2/c1-16-3-2-4-20-23(16)21(22(28)10-5-17-11-13-29-14-12-17)15-26-24(20)27-19-8-6-18(25)7-9-19/h2-4,6-9,15,17H,5,10-14H2,1H3,(H,26,27). The maximum absolute atomic E-state index is 13.2. The highest BCUT2D eigenvalue weighted by atomic mass is 19.1. The van der Waals surface area contributed by atoms with Gasteiger partial charge in [-0.1, -0.05) is 18.2 Å². The van der Waals surface area contributed by atoms with Crippen LogP contribution in [0.15, 0.2) is 48.7 Å². The summed E-state index contributed by atoms with van der Waals surface area (Å²) in [6.07, 6.45) is 5.16. The summed E-state index contributed by atoms with van der Waals surface area (Å²) in [6, 6.07) is 12.1. The second-order valence-electron chi connectivity index (χ2n) is 7.67. The van der Waals surface area contributed by atoms with E-state index in [0.717, 1.165) is 54.5 Å². The Hall–Kier alpha value is -2.79. The molecule has 0 amide bonds. The molecule has 4 rings (SSSR count). The maximum Gasteiger partial charge on any atom is 0.165 e. The van der Waals surface area contributed by atoms with E-state index in [1.165, 1.54) is 12.1 Å². The van der Waals surface area contributed by atoms with Crippen LogP contribution in [-0.4, -0.2) is 24.0 Å². The predicted molar refractivity (Wildman–Crippen MR) is 113 cm³/mol. The van der Waals surface area contributed by atoms with Gasteiger partial charge in [0.05, 0.1) is 0 Å². The van der Waals surface area contributed by atoms with E-state index in [0.29, 0.717) is 23.7 Å². The van der Waals surface area contributed by atoms with Gasteiger partial charge in [-0.25, -0.2) is 9.37 Å². The van der Waals surface area contributed by atoms with Gasteiger partial charge in [-0.2, -0.15) is 0 Å². The molecule has 2 heterocycles. The van der Waals surface area contributed by atoms with Crippen molar-refractivity contribution in [2.45, 2.75) is 32.6 Å². The number of carbonyl (C=O) groups is 1. The van der Waals surface area contributed by atoms with Crippen molar-refractivity contribution in [2.75, 3.05) is 18.5 Å². The first-order valence-electron chi connectivity index (χ1n) is 10.1. The van der Waals surface area contributed by atoms with Gasteiger partial charge in [0.1, 0.15) is 11.6 Å². The molecule has 1 aliphatic rings. The lowest BCUT2D eigenvalue weighted by atomic mass is 9.91. The number of aromatic nitrogens is 1. The van der Waals surface area contributed by atoms with E-state index in [4.69, 9.17) is 4.74 Å². The maximum atomic E-state index is 13.2. The fourth-order valence-corrected chi connectivity index (χ4v) is 3.97. The van der Waals surface area contributed by atoms with Gasteiger partial charge in [0.2, 0.25) is 0 Å². The molecule has 0 unspecified atom stereocenters. The molecule has 1 aromatic heterocycles. The number of nitrogens with one attached hydrogen (secondary N) is 1. The molecule has 29 heavy (non-hydrogen) atoms. The summed E-state index contributed by atoms with van der Waals surface area (Å²) in [5, 5.41) is 5.08. The fourth-order valence-electron chi connectivity index (χ4n) is 3.97. The molecular formula is C24H25FN2O2. The summed E-state index contributed by atoms with van der Waals surface area (Å²) in [4.78, 5) is 17.6. The Kier molecular flexibility index (Phi) is 5.86. The number of carbonyl (C=O) groups excluding carboxylic acids is 1. The SMILES string of the molecule is Cc1cccc2c(Nc3ccc(F)cc3)ncc(C(=O)CCC3CCOCC3)c12. The van der Waals surface area contributed by atoms with E-state index in [-0.39, 0.29) is 11.6 Å². The molecular weight excluding hydrogens is 367 g/mol. The summed E-state index contributed by atoms with van der Waals surface area (Å²) in [6.45, 7) is 3.61. The molecule has 0 atom stereocenters. The van der Waals surface area contributed by atoms with E-state index < -0.39 is 0 Å². The lowest BCUT2D eigenvalue weighted by Crippen LogP contribution is -2.16. The number of ketones is 1. The molecule has 3 aromatic rings. The topological polar surface area (TPSA) is 51.2 Å². The summed E-state index contributed by atoms with van der Waals surface area (Å²) < 4.78 is 18.6. The Labute approximate surface area is 170 Å². The average molecular weight is 392 g/mol. The molecule has 150 valence electrons. The van der Waals surface area contributed by atoms with E-state index in [1.807, 2.05) is 25.1 Å². The number of rotatable bonds is 6.